The van der Waals surface area contributed by atoms with Crippen LogP contribution in [0.4, 0.5) is 24.5 Å². The van der Waals surface area contributed by atoms with Gasteiger partial charge in [0.2, 0.25) is 5.91 Å². The molecular weight excluding hydrogens is 427 g/mol. The summed E-state index contributed by atoms with van der Waals surface area (Å²) >= 11 is 0. The van der Waals surface area contributed by atoms with Gasteiger partial charge in [-0.25, -0.2) is 0 Å². The lowest BCUT2D eigenvalue weighted by molar-refractivity contribution is -0.138. The van der Waals surface area contributed by atoms with Gasteiger partial charge in [0.15, 0.2) is 0 Å². The molecule has 1 aliphatic carbocycles. The van der Waals surface area contributed by atoms with Gasteiger partial charge in [-0.3, -0.25) is 14.8 Å². The fourth-order valence-electron chi connectivity index (χ4n) is 4.24. The Labute approximate surface area is 189 Å². The molecule has 1 aromatic heterocycles. The van der Waals surface area contributed by atoms with Gasteiger partial charge in [-0.05, 0) is 73.2 Å². The number of aryl methyl sites for hydroxylation is 2. The van der Waals surface area contributed by atoms with Crippen LogP contribution in [0.25, 0.3) is 11.1 Å². The number of fused-ring (bicyclic) bond motifs is 1. The molecule has 0 radical (unpaired) electrons. The number of hydrogen-bond donors (Lipinski definition) is 1. The number of pyridine rings is 1. The van der Waals surface area contributed by atoms with Crippen molar-refractivity contribution in [1.82, 2.24) is 4.98 Å². The number of alkyl halides is 3. The van der Waals surface area contributed by atoms with Crippen molar-refractivity contribution in [3.63, 3.8) is 0 Å². The molecule has 1 fully saturated rings. The lowest BCUT2D eigenvalue weighted by atomic mass is 9.97. The molecule has 1 saturated carbocycles. The van der Waals surface area contributed by atoms with Crippen molar-refractivity contribution >= 4 is 23.0 Å². The Balaban J connectivity index is 1.54. The van der Waals surface area contributed by atoms with Crippen LogP contribution in [-0.4, -0.2) is 16.6 Å². The fourth-order valence-corrected chi connectivity index (χ4v) is 4.24. The summed E-state index contributed by atoms with van der Waals surface area (Å²) in [4.78, 5) is 21.7. The topological polar surface area (TPSA) is 54.4 Å². The van der Waals surface area contributed by atoms with E-state index in [0.717, 1.165) is 34.0 Å². The van der Waals surface area contributed by atoms with Crippen LogP contribution in [0.15, 0.2) is 53.7 Å². The van der Waals surface area contributed by atoms with Crippen molar-refractivity contribution in [2.45, 2.75) is 45.2 Å². The molecule has 1 aliphatic heterocycles. The highest BCUT2D eigenvalue weighted by Crippen LogP contribution is 2.41. The van der Waals surface area contributed by atoms with Crippen LogP contribution >= 0.6 is 0 Å². The number of aromatic nitrogens is 1. The Morgan fingerprint density at radius 2 is 1.76 bits per heavy atom. The number of hydrogen-bond acceptors (Lipinski definition) is 3. The summed E-state index contributed by atoms with van der Waals surface area (Å²) in [7, 11) is 0. The van der Waals surface area contributed by atoms with Crippen molar-refractivity contribution in [1.29, 1.82) is 0 Å². The van der Waals surface area contributed by atoms with Gasteiger partial charge in [-0.2, -0.15) is 13.2 Å². The summed E-state index contributed by atoms with van der Waals surface area (Å²) in [6, 6.07) is 12.2. The van der Waals surface area contributed by atoms with Crippen molar-refractivity contribution in [3.8, 4) is 11.1 Å². The lowest BCUT2D eigenvalue weighted by Gasteiger charge is -2.13. The zero-order valence-corrected chi connectivity index (χ0v) is 18.3. The third-order valence-electron chi connectivity index (χ3n) is 6.14. The number of amides is 1. The summed E-state index contributed by atoms with van der Waals surface area (Å²) < 4.78 is 39.9. The Morgan fingerprint density at radius 1 is 1.00 bits per heavy atom. The Hall–Kier alpha value is -3.48. The van der Waals surface area contributed by atoms with E-state index in [9.17, 15) is 18.0 Å². The van der Waals surface area contributed by atoms with Gasteiger partial charge in [0.1, 0.15) is 0 Å². The molecule has 0 bridgehead atoms. The summed E-state index contributed by atoms with van der Waals surface area (Å²) in [6.45, 7) is 3.45. The standard InChI is InChI=1S/C26H22F3N3O/c1-14-8-21(16-6-7-16)30-13-19(14)17-4-3-5-18(10-17)22-12-25(33)32-24-11-20(26(27,28)29)15(2)9-23(24)31-22/h3-5,8-11,13,16H,6-7,12H2,1-2H3,(H,32,33). The van der Waals surface area contributed by atoms with E-state index >= 15 is 0 Å². The monoisotopic (exact) mass is 449 g/mol. The van der Waals surface area contributed by atoms with Crippen molar-refractivity contribution in [2.24, 2.45) is 4.99 Å². The second kappa shape index (κ2) is 7.83. The van der Waals surface area contributed by atoms with Crippen LogP contribution in [0.2, 0.25) is 0 Å². The van der Waals surface area contributed by atoms with E-state index in [2.05, 4.69) is 28.3 Å². The average molecular weight is 449 g/mol. The predicted octanol–water partition coefficient (Wildman–Crippen LogP) is 6.72. The molecule has 33 heavy (non-hydrogen) atoms. The highest BCUT2D eigenvalue weighted by atomic mass is 19.4. The second-order valence-corrected chi connectivity index (χ2v) is 8.74. The third kappa shape index (κ3) is 4.27. The normalized spacial score (nSPS) is 16.0. The Bertz CT molecular complexity index is 1310. The minimum atomic E-state index is -4.50. The highest BCUT2D eigenvalue weighted by Gasteiger charge is 2.34. The molecule has 2 heterocycles. The quantitative estimate of drug-likeness (QED) is 0.482. The van der Waals surface area contributed by atoms with Gasteiger partial charge in [-0.15, -0.1) is 0 Å². The van der Waals surface area contributed by atoms with E-state index in [1.807, 2.05) is 30.5 Å². The number of rotatable bonds is 3. The maximum atomic E-state index is 13.3. The van der Waals surface area contributed by atoms with E-state index < -0.39 is 17.6 Å². The second-order valence-electron chi connectivity index (χ2n) is 8.74. The summed E-state index contributed by atoms with van der Waals surface area (Å²) in [5, 5.41) is 2.58. The third-order valence-corrected chi connectivity index (χ3v) is 6.14. The molecule has 168 valence electrons. The molecule has 0 atom stereocenters. The number of carbonyl (C=O) groups is 1. The SMILES string of the molecule is Cc1cc(C2CC2)ncc1-c1cccc(C2=Nc3cc(C)c(C(F)(F)F)cc3NC(=O)C2)c1. The van der Waals surface area contributed by atoms with Gasteiger partial charge >= 0.3 is 6.18 Å². The molecule has 0 spiro atoms. The molecular formula is C26H22F3N3O. The van der Waals surface area contributed by atoms with Crippen LogP contribution in [0.1, 0.15) is 53.1 Å². The maximum Gasteiger partial charge on any atom is 0.416 e. The number of halogens is 3. The largest absolute Gasteiger partial charge is 0.416 e. The first-order valence-electron chi connectivity index (χ1n) is 10.9. The summed E-state index contributed by atoms with van der Waals surface area (Å²) in [5.41, 5.74) is 5.14. The zero-order valence-electron chi connectivity index (χ0n) is 18.3. The van der Waals surface area contributed by atoms with Gasteiger partial charge in [0, 0.05) is 23.4 Å². The molecule has 1 amide bonds. The van der Waals surface area contributed by atoms with E-state index in [4.69, 9.17) is 0 Å². The van der Waals surface area contributed by atoms with Gasteiger partial charge < -0.3 is 5.32 Å². The molecule has 5 rings (SSSR count). The number of nitrogens with one attached hydrogen (secondary N) is 1. The molecule has 3 aromatic rings. The van der Waals surface area contributed by atoms with Gasteiger partial charge in [-0.1, -0.05) is 18.2 Å². The van der Waals surface area contributed by atoms with E-state index in [1.165, 1.54) is 25.8 Å². The van der Waals surface area contributed by atoms with Crippen LogP contribution in [-0.2, 0) is 11.0 Å². The van der Waals surface area contributed by atoms with Crippen LogP contribution in [0.5, 0.6) is 0 Å². The zero-order chi connectivity index (χ0) is 23.3. The molecule has 2 aromatic carbocycles. The number of aliphatic imine (C=N–C) groups is 1. The molecule has 2 aliphatic rings. The molecule has 0 saturated heterocycles. The first-order chi connectivity index (χ1) is 15.7. The van der Waals surface area contributed by atoms with Gasteiger partial charge in [0.25, 0.3) is 0 Å². The maximum absolute atomic E-state index is 13.3. The van der Waals surface area contributed by atoms with Crippen molar-refractivity contribution in [2.75, 3.05) is 5.32 Å². The summed E-state index contributed by atoms with van der Waals surface area (Å²) in [5.74, 6) is 0.172. The molecule has 0 unspecified atom stereocenters. The molecule has 1 N–H and O–H groups in total. The molecule has 4 nitrogen and oxygen atoms in total. The van der Waals surface area contributed by atoms with Gasteiger partial charge in [0.05, 0.1) is 29.1 Å². The minimum Gasteiger partial charge on any atom is -0.324 e. The van der Waals surface area contributed by atoms with E-state index in [1.54, 1.807) is 0 Å². The highest BCUT2D eigenvalue weighted by molar-refractivity contribution is 6.17. The first-order valence-corrected chi connectivity index (χ1v) is 10.9. The minimum absolute atomic E-state index is 0.0314. The predicted molar refractivity (Wildman–Crippen MR) is 122 cm³/mol. The first kappa shape index (κ1) is 21.4. The number of nitrogens with zero attached hydrogens (tertiary/aromatic N) is 2. The van der Waals surface area contributed by atoms with E-state index in [-0.39, 0.29) is 17.7 Å². The fraction of sp³-hybridized carbons (Fsp3) is 0.269. The smallest absolute Gasteiger partial charge is 0.324 e. The number of carbonyl (C=O) groups excluding carboxylic acids is 1. The Morgan fingerprint density at radius 3 is 2.45 bits per heavy atom. The number of anilines is 1. The van der Waals surface area contributed by atoms with Crippen LogP contribution in [0, 0.1) is 13.8 Å². The van der Waals surface area contributed by atoms with E-state index in [0.29, 0.717) is 17.3 Å². The van der Waals surface area contributed by atoms with Crippen molar-refractivity contribution < 1.29 is 18.0 Å². The van der Waals surface area contributed by atoms with Crippen molar-refractivity contribution in [3.05, 3.63) is 76.6 Å². The van der Waals surface area contributed by atoms with Crippen LogP contribution < -0.4 is 5.32 Å². The molecule has 7 heteroatoms. The van der Waals surface area contributed by atoms with Crippen LogP contribution in [0.3, 0.4) is 0 Å². The summed E-state index contributed by atoms with van der Waals surface area (Å²) in [6.07, 6.45) is -0.265. The average Bonchev–Trinajstić information content (AvgIpc) is 3.60. The lowest BCUT2D eigenvalue weighted by Crippen LogP contribution is -2.15. The Kier molecular flexibility index (Phi) is 5.07. The number of benzene rings is 2.